The van der Waals surface area contributed by atoms with E-state index < -0.39 is 0 Å². The summed E-state index contributed by atoms with van der Waals surface area (Å²) in [6, 6.07) is 13.6. The number of carbonyl (C=O) groups excluding carboxylic acids is 1. The second-order valence-electron chi connectivity index (χ2n) is 9.39. The standard InChI is InChI=1S/C27H33NO2/c1-5-30-26(29)20-9-6-19(7-10-20)8-11-21-17-23-24(16-18(21)2)27(3,4)15-14-25(23)28-22-12-13-22/h6-11,16-17,22,25,28H,5,12-15H2,1-4H3. The summed E-state index contributed by atoms with van der Waals surface area (Å²) in [7, 11) is 0. The SMILES string of the molecule is CCOC(=O)c1ccc(C=Cc2cc3c(cc2C)C(C)(C)CCC3NC2CC2)cc1. The van der Waals surface area contributed by atoms with Crippen molar-refractivity contribution in [2.45, 2.75) is 70.9 Å². The maximum atomic E-state index is 11.8. The fraction of sp³-hybridized carbons (Fsp3) is 0.444. The van der Waals surface area contributed by atoms with Crippen LogP contribution < -0.4 is 5.32 Å². The molecule has 2 aliphatic rings. The Morgan fingerprint density at radius 2 is 1.87 bits per heavy atom. The highest BCUT2D eigenvalue weighted by Crippen LogP contribution is 2.44. The zero-order chi connectivity index (χ0) is 21.3. The molecule has 0 amide bonds. The summed E-state index contributed by atoms with van der Waals surface area (Å²) in [5.41, 5.74) is 7.45. The van der Waals surface area contributed by atoms with E-state index in [1.54, 1.807) is 0 Å². The molecule has 1 N–H and O–H groups in total. The first kappa shape index (κ1) is 20.9. The molecule has 1 saturated carbocycles. The zero-order valence-electron chi connectivity index (χ0n) is 18.6. The van der Waals surface area contributed by atoms with Crippen LogP contribution in [0.2, 0.25) is 0 Å². The summed E-state index contributed by atoms with van der Waals surface area (Å²) in [5.74, 6) is -0.268. The number of fused-ring (bicyclic) bond motifs is 1. The van der Waals surface area contributed by atoms with Crippen molar-refractivity contribution in [3.8, 4) is 0 Å². The van der Waals surface area contributed by atoms with Gasteiger partial charge in [-0.1, -0.05) is 44.2 Å². The van der Waals surface area contributed by atoms with Crippen molar-refractivity contribution in [2.24, 2.45) is 0 Å². The van der Waals surface area contributed by atoms with E-state index in [1.165, 1.54) is 47.9 Å². The van der Waals surface area contributed by atoms with E-state index >= 15 is 0 Å². The molecule has 3 heteroatoms. The number of hydrogen-bond acceptors (Lipinski definition) is 3. The predicted molar refractivity (Wildman–Crippen MR) is 124 cm³/mol. The molecule has 0 bridgehead atoms. The lowest BCUT2D eigenvalue weighted by Gasteiger charge is -2.38. The van der Waals surface area contributed by atoms with Gasteiger partial charge in [0.2, 0.25) is 0 Å². The lowest BCUT2D eigenvalue weighted by atomic mass is 9.70. The van der Waals surface area contributed by atoms with Crippen molar-refractivity contribution in [2.75, 3.05) is 6.61 Å². The highest BCUT2D eigenvalue weighted by atomic mass is 16.5. The molecule has 3 nitrogen and oxygen atoms in total. The number of esters is 1. The minimum atomic E-state index is -0.268. The summed E-state index contributed by atoms with van der Waals surface area (Å²) >= 11 is 0. The van der Waals surface area contributed by atoms with Gasteiger partial charge in [-0.2, -0.15) is 0 Å². The Balaban J connectivity index is 1.59. The molecule has 2 aliphatic carbocycles. The van der Waals surface area contributed by atoms with Gasteiger partial charge in [-0.05, 0) is 91.0 Å². The molecule has 30 heavy (non-hydrogen) atoms. The van der Waals surface area contributed by atoms with E-state index in [-0.39, 0.29) is 11.4 Å². The van der Waals surface area contributed by atoms with Gasteiger partial charge in [-0.3, -0.25) is 0 Å². The second kappa shape index (κ2) is 8.39. The number of hydrogen-bond donors (Lipinski definition) is 1. The monoisotopic (exact) mass is 403 g/mol. The Kier molecular flexibility index (Phi) is 5.84. The normalized spacial score (nSPS) is 20.2. The molecular weight excluding hydrogens is 370 g/mol. The van der Waals surface area contributed by atoms with E-state index in [4.69, 9.17) is 4.74 Å². The van der Waals surface area contributed by atoms with Gasteiger partial charge in [0, 0.05) is 12.1 Å². The molecule has 0 aliphatic heterocycles. The van der Waals surface area contributed by atoms with E-state index in [1.807, 2.05) is 31.2 Å². The smallest absolute Gasteiger partial charge is 0.338 e. The Hall–Kier alpha value is -2.39. The molecule has 1 unspecified atom stereocenters. The molecule has 2 aromatic rings. The Morgan fingerprint density at radius 1 is 1.13 bits per heavy atom. The third-order valence-electron chi connectivity index (χ3n) is 6.49. The van der Waals surface area contributed by atoms with E-state index in [9.17, 15) is 4.79 Å². The lowest BCUT2D eigenvalue weighted by Crippen LogP contribution is -2.33. The summed E-state index contributed by atoms with van der Waals surface area (Å²) in [6.45, 7) is 9.17. The topological polar surface area (TPSA) is 38.3 Å². The number of aryl methyl sites for hydroxylation is 1. The number of ether oxygens (including phenoxy) is 1. The van der Waals surface area contributed by atoms with Gasteiger partial charge in [0.25, 0.3) is 0 Å². The first-order chi connectivity index (χ1) is 14.4. The van der Waals surface area contributed by atoms with Crippen LogP contribution in [0.1, 0.15) is 90.7 Å². The van der Waals surface area contributed by atoms with Gasteiger partial charge < -0.3 is 10.1 Å². The van der Waals surface area contributed by atoms with Gasteiger partial charge in [0.05, 0.1) is 12.2 Å². The van der Waals surface area contributed by atoms with Crippen molar-refractivity contribution in [1.82, 2.24) is 5.32 Å². The predicted octanol–water partition coefficient (Wildman–Crippen LogP) is 6.21. The molecule has 0 spiro atoms. The van der Waals surface area contributed by atoms with Gasteiger partial charge in [0.1, 0.15) is 0 Å². The number of benzene rings is 2. The Bertz CT molecular complexity index is 952. The summed E-state index contributed by atoms with van der Waals surface area (Å²) in [4.78, 5) is 11.8. The molecule has 1 fully saturated rings. The van der Waals surface area contributed by atoms with Crippen LogP contribution in [-0.2, 0) is 10.2 Å². The largest absolute Gasteiger partial charge is 0.462 e. The molecular formula is C27H33NO2. The van der Waals surface area contributed by atoms with Crippen LogP contribution in [0.4, 0.5) is 0 Å². The first-order valence-electron chi connectivity index (χ1n) is 11.2. The lowest BCUT2D eigenvalue weighted by molar-refractivity contribution is 0.0526. The highest BCUT2D eigenvalue weighted by molar-refractivity contribution is 5.89. The third kappa shape index (κ3) is 4.52. The molecule has 4 rings (SSSR count). The molecule has 1 atom stereocenters. The minimum Gasteiger partial charge on any atom is -0.462 e. The van der Waals surface area contributed by atoms with E-state index in [2.05, 4.69) is 50.4 Å². The third-order valence-corrected chi connectivity index (χ3v) is 6.49. The average Bonchev–Trinajstić information content (AvgIpc) is 3.54. The quantitative estimate of drug-likeness (QED) is 0.460. The summed E-state index contributed by atoms with van der Waals surface area (Å²) < 4.78 is 5.06. The summed E-state index contributed by atoms with van der Waals surface area (Å²) in [6.07, 6.45) is 9.39. The van der Waals surface area contributed by atoms with Crippen molar-refractivity contribution < 1.29 is 9.53 Å². The number of nitrogens with one attached hydrogen (secondary N) is 1. The van der Waals surface area contributed by atoms with Gasteiger partial charge in [0.15, 0.2) is 0 Å². The van der Waals surface area contributed by atoms with Crippen molar-refractivity contribution in [3.05, 3.63) is 69.8 Å². The van der Waals surface area contributed by atoms with Gasteiger partial charge in [-0.15, -0.1) is 0 Å². The minimum absolute atomic E-state index is 0.229. The van der Waals surface area contributed by atoms with Crippen LogP contribution in [0.5, 0.6) is 0 Å². The Labute approximate surface area is 180 Å². The fourth-order valence-electron chi connectivity index (χ4n) is 4.43. The van der Waals surface area contributed by atoms with Gasteiger partial charge in [-0.25, -0.2) is 4.79 Å². The number of rotatable bonds is 6. The zero-order valence-corrected chi connectivity index (χ0v) is 18.6. The maximum Gasteiger partial charge on any atom is 0.338 e. The second-order valence-corrected chi connectivity index (χ2v) is 9.39. The average molecular weight is 404 g/mol. The molecule has 0 radical (unpaired) electrons. The first-order valence-corrected chi connectivity index (χ1v) is 11.2. The van der Waals surface area contributed by atoms with Crippen molar-refractivity contribution in [3.63, 3.8) is 0 Å². The fourth-order valence-corrected chi connectivity index (χ4v) is 4.43. The van der Waals surface area contributed by atoms with Gasteiger partial charge >= 0.3 is 5.97 Å². The highest BCUT2D eigenvalue weighted by Gasteiger charge is 2.35. The molecule has 158 valence electrons. The molecule has 0 aromatic heterocycles. The van der Waals surface area contributed by atoms with Crippen molar-refractivity contribution >= 4 is 18.1 Å². The maximum absolute atomic E-state index is 11.8. The number of carbonyl (C=O) groups is 1. The molecule has 0 heterocycles. The Morgan fingerprint density at radius 3 is 2.53 bits per heavy atom. The summed E-state index contributed by atoms with van der Waals surface area (Å²) in [5, 5.41) is 3.87. The van der Waals surface area contributed by atoms with Crippen LogP contribution in [0.25, 0.3) is 12.2 Å². The molecule has 2 aromatic carbocycles. The van der Waals surface area contributed by atoms with Crippen molar-refractivity contribution in [1.29, 1.82) is 0 Å². The van der Waals surface area contributed by atoms with Crippen LogP contribution in [0.3, 0.4) is 0 Å². The van der Waals surface area contributed by atoms with Crippen LogP contribution in [0.15, 0.2) is 36.4 Å². The van der Waals surface area contributed by atoms with E-state index in [0.717, 1.165) is 5.56 Å². The van der Waals surface area contributed by atoms with E-state index in [0.29, 0.717) is 24.3 Å². The van der Waals surface area contributed by atoms with Crippen LogP contribution >= 0.6 is 0 Å². The van der Waals surface area contributed by atoms with Crippen LogP contribution in [-0.4, -0.2) is 18.6 Å². The van der Waals surface area contributed by atoms with Crippen LogP contribution in [0, 0.1) is 6.92 Å². The molecule has 0 saturated heterocycles.